The van der Waals surface area contributed by atoms with Crippen LogP contribution in [-0.4, -0.2) is 11.6 Å². The Morgan fingerprint density at radius 2 is 2.17 bits per heavy atom. The highest BCUT2D eigenvalue weighted by Gasteiger charge is 2.20. The van der Waals surface area contributed by atoms with E-state index in [9.17, 15) is 4.79 Å². The Labute approximate surface area is 108 Å². The quantitative estimate of drug-likeness (QED) is 0.813. The van der Waals surface area contributed by atoms with Gasteiger partial charge in [-0.2, -0.15) is 5.10 Å². The molecular formula is C15H20N2O. The fourth-order valence-corrected chi connectivity index (χ4v) is 2.44. The number of rotatable bonds is 4. The van der Waals surface area contributed by atoms with Gasteiger partial charge in [-0.3, -0.25) is 4.79 Å². The van der Waals surface area contributed by atoms with Crippen molar-refractivity contribution >= 4 is 11.6 Å². The predicted molar refractivity (Wildman–Crippen MR) is 73.4 cm³/mol. The van der Waals surface area contributed by atoms with E-state index in [1.165, 1.54) is 18.6 Å². The summed E-state index contributed by atoms with van der Waals surface area (Å²) in [5.74, 6) is 0.539. The van der Waals surface area contributed by atoms with E-state index in [-0.39, 0.29) is 5.91 Å². The van der Waals surface area contributed by atoms with Crippen molar-refractivity contribution in [2.75, 3.05) is 0 Å². The molecule has 1 N–H and O–H groups in total. The molecule has 1 atom stereocenters. The lowest BCUT2D eigenvalue weighted by Gasteiger charge is -2.07. The minimum atomic E-state index is -0.0320. The van der Waals surface area contributed by atoms with Crippen LogP contribution < -0.4 is 5.43 Å². The lowest BCUT2D eigenvalue weighted by atomic mass is 10.0. The minimum absolute atomic E-state index is 0.0320. The van der Waals surface area contributed by atoms with E-state index in [2.05, 4.69) is 17.5 Å². The standard InChI is InChI=1S/C15H20N2O/c1-2-13-9-6-10-14(13)16-17-15(18)11-12-7-4-3-5-8-12/h3-5,7-8,13H,2,6,9-11H2,1H3,(H,17,18). The van der Waals surface area contributed by atoms with Crippen LogP contribution in [0.25, 0.3) is 0 Å². The summed E-state index contributed by atoms with van der Waals surface area (Å²) in [5, 5.41) is 4.29. The summed E-state index contributed by atoms with van der Waals surface area (Å²) in [4.78, 5) is 11.7. The molecule has 1 aromatic rings. The molecule has 3 heteroatoms. The maximum atomic E-state index is 11.7. The lowest BCUT2D eigenvalue weighted by Crippen LogP contribution is -2.22. The zero-order chi connectivity index (χ0) is 12.8. The van der Waals surface area contributed by atoms with Gasteiger partial charge < -0.3 is 0 Å². The third-order valence-electron chi connectivity index (χ3n) is 3.48. The van der Waals surface area contributed by atoms with Gasteiger partial charge in [0.15, 0.2) is 0 Å². The normalized spacial score (nSPS) is 21.2. The lowest BCUT2D eigenvalue weighted by molar-refractivity contribution is -0.120. The monoisotopic (exact) mass is 244 g/mol. The van der Waals surface area contributed by atoms with Crippen LogP contribution in [0.5, 0.6) is 0 Å². The van der Waals surface area contributed by atoms with Gasteiger partial charge in [0.25, 0.3) is 0 Å². The molecule has 0 spiro atoms. The highest BCUT2D eigenvalue weighted by Crippen LogP contribution is 2.24. The van der Waals surface area contributed by atoms with Crippen LogP contribution in [0, 0.1) is 5.92 Å². The third kappa shape index (κ3) is 3.42. The first kappa shape index (κ1) is 12.8. The van der Waals surface area contributed by atoms with Crippen LogP contribution in [0.4, 0.5) is 0 Å². The van der Waals surface area contributed by atoms with E-state index >= 15 is 0 Å². The Morgan fingerprint density at radius 1 is 1.39 bits per heavy atom. The molecule has 3 nitrogen and oxygen atoms in total. The van der Waals surface area contributed by atoms with Gasteiger partial charge in [-0.25, -0.2) is 5.43 Å². The molecule has 2 rings (SSSR count). The van der Waals surface area contributed by atoms with Gasteiger partial charge >= 0.3 is 0 Å². The number of hydrogen-bond donors (Lipinski definition) is 1. The maximum Gasteiger partial charge on any atom is 0.244 e. The Balaban J connectivity index is 1.87. The first-order chi connectivity index (χ1) is 8.79. The maximum absolute atomic E-state index is 11.7. The molecule has 0 radical (unpaired) electrons. The van der Waals surface area contributed by atoms with Crippen molar-refractivity contribution in [1.82, 2.24) is 5.43 Å². The molecule has 96 valence electrons. The first-order valence-electron chi connectivity index (χ1n) is 6.68. The molecule has 1 fully saturated rings. The van der Waals surface area contributed by atoms with Crippen LogP contribution in [0.2, 0.25) is 0 Å². The number of nitrogens with zero attached hydrogens (tertiary/aromatic N) is 1. The summed E-state index contributed by atoms with van der Waals surface area (Å²) in [7, 11) is 0. The van der Waals surface area contributed by atoms with Crippen LogP contribution in [0.3, 0.4) is 0 Å². The molecule has 0 bridgehead atoms. The van der Waals surface area contributed by atoms with Crippen LogP contribution in [0.1, 0.15) is 38.2 Å². The van der Waals surface area contributed by atoms with Crippen molar-refractivity contribution in [1.29, 1.82) is 0 Å². The van der Waals surface area contributed by atoms with E-state index < -0.39 is 0 Å². The van der Waals surface area contributed by atoms with Crippen molar-refractivity contribution < 1.29 is 4.79 Å². The summed E-state index contributed by atoms with van der Waals surface area (Å²) in [6.07, 6.45) is 4.96. The predicted octanol–water partition coefficient (Wildman–Crippen LogP) is 2.91. The van der Waals surface area contributed by atoms with Crippen molar-refractivity contribution in [2.45, 2.75) is 39.0 Å². The molecule has 18 heavy (non-hydrogen) atoms. The SMILES string of the molecule is CCC1CCCC1=NNC(=O)Cc1ccccc1. The molecule has 1 aliphatic carbocycles. The molecule has 1 amide bonds. The fourth-order valence-electron chi connectivity index (χ4n) is 2.44. The van der Waals surface area contributed by atoms with Crippen molar-refractivity contribution in [2.24, 2.45) is 11.0 Å². The van der Waals surface area contributed by atoms with Gasteiger partial charge in [-0.15, -0.1) is 0 Å². The molecule has 1 aliphatic rings. The van der Waals surface area contributed by atoms with E-state index in [0.717, 1.165) is 18.4 Å². The number of amides is 1. The number of hydrazone groups is 1. The van der Waals surface area contributed by atoms with Gasteiger partial charge in [-0.05, 0) is 37.2 Å². The second kappa shape index (κ2) is 6.34. The average molecular weight is 244 g/mol. The minimum Gasteiger partial charge on any atom is -0.273 e. The summed E-state index contributed by atoms with van der Waals surface area (Å²) < 4.78 is 0. The van der Waals surface area contributed by atoms with Crippen molar-refractivity contribution in [3.05, 3.63) is 35.9 Å². The van der Waals surface area contributed by atoms with Gasteiger partial charge in [0, 0.05) is 5.71 Å². The average Bonchev–Trinajstić information content (AvgIpc) is 2.85. The van der Waals surface area contributed by atoms with Crippen LogP contribution >= 0.6 is 0 Å². The molecule has 0 heterocycles. The Hall–Kier alpha value is -1.64. The van der Waals surface area contributed by atoms with E-state index in [0.29, 0.717) is 12.3 Å². The Bertz CT molecular complexity index is 425. The molecule has 1 unspecified atom stereocenters. The number of hydrogen-bond acceptors (Lipinski definition) is 2. The third-order valence-corrected chi connectivity index (χ3v) is 3.48. The number of benzene rings is 1. The summed E-state index contributed by atoms with van der Waals surface area (Å²) in [6.45, 7) is 2.18. The van der Waals surface area contributed by atoms with E-state index in [1.807, 2.05) is 30.3 Å². The van der Waals surface area contributed by atoms with Gasteiger partial charge in [0.2, 0.25) is 5.91 Å². The van der Waals surface area contributed by atoms with Gasteiger partial charge in [0.1, 0.15) is 0 Å². The molecular weight excluding hydrogens is 224 g/mol. The Kier molecular flexibility index (Phi) is 4.51. The highest BCUT2D eigenvalue weighted by molar-refractivity contribution is 5.90. The topological polar surface area (TPSA) is 41.5 Å². The zero-order valence-corrected chi connectivity index (χ0v) is 10.9. The molecule has 1 saturated carbocycles. The van der Waals surface area contributed by atoms with E-state index in [1.54, 1.807) is 0 Å². The zero-order valence-electron chi connectivity index (χ0n) is 10.9. The van der Waals surface area contributed by atoms with E-state index in [4.69, 9.17) is 0 Å². The molecule has 0 saturated heterocycles. The van der Waals surface area contributed by atoms with Crippen LogP contribution in [-0.2, 0) is 11.2 Å². The van der Waals surface area contributed by atoms with Gasteiger partial charge in [0.05, 0.1) is 6.42 Å². The van der Waals surface area contributed by atoms with Crippen LogP contribution in [0.15, 0.2) is 35.4 Å². The summed E-state index contributed by atoms with van der Waals surface area (Å²) in [6, 6.07) is 9.75. The molecule has 0 aliphatic heterocycles. The number of carbonyl (C=O) groups is 1. The smallest absolute Gasteiger partial charge is 0.244 e. The first-order valence-corrected chi connectivity index (χ1v) is 6.68. The highest BCUT2D eigenvalue weighted by atomic mass is 16.2. The number of nitrogens with one attached hydrogen (secondary N) is 1. The second-order valence-corrected chi connectivity index (χ2v) is 4.80. The summed E-state index contributed by atoms with van der Waals surface area (Å²) in [5.41, 5.74) is 4.87. The van der Waals surface area contributed by atoms with Crippen molar-refractivity contribution in [3.63, 3.8) is 0 Å². The fraction of sp³-hybridized carbons (Fsp3) is 0.467. The van der Waals surface area contributed by atoms with Gasteiger partial charge in [-0.1, -0.05) is 37.3 Å². The van der Waals surface area contributed by atoms with Crippen molar-refractivity contribution in [3.8, 4) is 0 Å². The second-order valence-electron chi connectivity index (χ2n) is 4.80. The Morgan fingerprint density at radius 3 is 2.89 bits per heavy atom. The molecule has 1 aromatic carbocycles. The largest absolute Gasteiger partial charge is 0.273 e. The number of carbonyl (C=O) groups excluding carboxylic acids is 1. The summed E-state index contributed by atoms with van der Waals surface area (Å²) >= 11 is 0. The molecule has 0 aromatic heterocycles.